The number of nitrogens with one attached hydrogen (secondary N) is 2. The number of ether oxygens (including phenoxy) is 1. The van der Waals surface area contributed by atoms with Crippen molar-refractivity contribution in [2.45, 2.75) is 13.8 Å². The van der Waals surface area contributed by atoms with E-state index < -0.39 is 16.0 Å². The molecule has 0 radical (unpaired) electrons. The van der Waals surface area contributed by atoms with Gasteiger partial charge < -0.3 is 19.9 Å². The van der Waals surface area contributed by atoms with Gasteiger partial charge >= 0.3 is 5.97 Å². The van der Waals surface area contributed by atoms with Gasteiger partial charge in [0, 0.05) is 45.0 Å². The summed E-state index contributed by atoms with van der Waals surface area (Å²) in [7, 11) is -3.62. The number of piperazine rings is 1. The van der Waals surface area contributed by atoms with Crippen LogP contribution in [0.4, 0.5) is 17.2 Å². The molecule has 1 aliphatic rings. The van der Waals surface area contributed by atoms with Crippen LogP contribution in [0.5, 0.6) is 0 Å². The van der Waals surface area contributed by atoms with Gasteiger partial charge in [-0.2, -0.15) is 0 Å². The molecule has 1 aromatic heterocycles. The minimum atomic E-state index is -3.62. The first-order chi connectivity index (χ1) is 16.1. The molecule has 3 rings (SSSR count). The second-order valence-electron chi connectivity index (χ2n) is 7.72. The van der Waals surface area contributed by atoms with E-state index in [1.165, 1.54) is 31.3 Å². The molecular formula is C22H27N5O6S. The number of carbonyl (C=O) groups is 3. The van der Waals surface area contributed by atoms with E-state index in [9.17, 15) is 22.8 Å². The van der Waals surface area contributed by atoms with E-state index >= 15 is 0 Å². The molecule has 0 saturated carbocycles. The maximum atomic E-state index is 13.3. The summed E-state index contributed by atoms with van der Waals surface area (Å²) in [5, 5.41) is 2.61. The van der Waals surface area contributed by atoms with Crippen molar-refractivity contribution in [3.05, 3.63) is 47.7 Å². The number of hydrogen-bond acceptors (Lipinski definition) is 8. The van der Waals surface area contributed by atoms with Gasteiger partial charge in [-0.05, 0) is 37.3 Å². The van der Waals surface area contributed by atoms with Gasteiger partial charge in [-0.3, -0.25) is 14.3 Å². The van der Waals surface area contributed by atoms with E-state index in [0.717, 1.165) is 6.26 Å². The van der Waals surface area contributed by atoms with E-state index in [1.54, 1.807) is 24.0 Å². The number of hydrogen-bond donors (Lipinski definition) is 2. The third-order valence-corrected chi connectivity index (χ3v) is 5.61. The van der Waals surface area contributed by atoms with Gasteiger partial charge in [-0.15, -0.1) is 0 Å². The predicted octanol–water partition coefficient (Wildman–Crippen LogP) is 1.55. The normalized spacial score (nSPS) is 13.9. The second-order valence-corrected chi connectivity index (χ2v) is 9.47. The molecule has 0 atom stereocenters. The molecule has 2 amide bonds. The molecule has 0 bridgehead atoms. The van der Waals surface area contributed by atoms with E-state index in [1.807, 2.05) is 4.90 Å². The Morgan fingerprint density at radius 3 is 2.35 bits per heavy atom. The Labute approximate surface area is 198 Å². The molecule has 182 valence electrons. The van der Waals surface area contributed by atoms with Crippen molar-refractivity contribution in [1.29, 1.82) is 0 Å². The highest BCUT2D eigenvalue weighted by Gasteiger charge is 2.26. The number of aromatic nitrogens is 1. The van der Waals surface area contributed by atoms with Crippen molar-refractivity contribution in [2.24, 2.45) is 0 Å². The lowest BCUT2D eigenvalue weighted by Gasteiger charge is -2.35. The Kier molecular flexibility index (Phi) is 7.72. The number of anilines is 3. The fraction of sp³-hybridized carbons (Fsp3) is 0.364. The lowest BCUT2D eigenvalue weighted by Crippen LogP contribution is -2.49. The fourth-order valence-corrected chi connectivity index (χ4v) is 4.09. The first-order valence-electron chi connectivity index (χ1n) is 10.6. The summed E-state index contributed by atoms with van der Waals surface area (Å²) >= 11 is 0. The highest BCUT2D eigenvalue weighted by molar-refractivity contribution is 7.92. The van der Waals surface area contributed by atoms with Crippen molar-refractivity contribution < 1.29 is 27.5 Å². The first kappa shape index (κ1) is 25.0. The number of carbonyl (C=O) groups excluding carboxylic acids is 3. The van der Waals surface area contributed by atoms with E-state index in [0.29, 0.717) is 43.2 Å². The predicted molar refractivity (Wildman–Crippen MR) is 128 cm³/mol. The average molecular weight is 490 g/mol. The Morgan fingerprint density at radius 2 is 1.79 bits per heavy atom. The zero-order valence-electron chi connectivity index (χ0n) is 19.2. The van der Waals surface area contributed by atoms with Crippen LogP contribution in [-0.2, 0) is 19.6 Å². The van der Waals surface area contributed by atoms with Gasteiger partial charge in [0.2, 0.25) is 15.9 Å². The highest BCUT2D eigenvalue weighted by atomic mass is 32.2. The average Bonchev–Trinajstić information content (AvgIpc) is 2.79. The molecule has 2 aromatic rings. The summed E-state index contributed by atoms with van der Waals surface area (Å²) in [6.07, 6.45) is 2.46. The SMILES string of the molecule is CCOC(=O)c1ccc(N2CCN(C(=O)c3cc(NC(C)=O)ccc3NS(C)(=O)=O)CC2)nc1. The number of rotatable bonds is 7. The maximum absolute atomic E-state index is 13.3. The molecule has 1 saturated heterocycles. The minimum absolute atomic E-state index is 0.139. The largest absolute Gasteiger partial charge is 0.462 e. The van der Waals surface area contributed by atoms with Gasteiger partial charge in [0.25, 0.3) is 5.91 Å². The lowest BCUT2D eigenvalue weighted by molar-refractivity contribution is -0.114. The number of benzene rings is 1. The van der Waals surface area contributed by atoms with Crippen LogP contribution in [0.1, 0.15) is 34.6 Å². The van der Waals surface area contributed by atoms with Gasteiger partial charge in [0.05, 0.1) is 29.7 Å². The smallest absolute Gasteiger partial charge is 0.339 e. The van der Waals surface area contributed by atoms with Crippen LogP contribution in [0.2, 0.25) is 0 Å². The van der Waals surface area contributed by atoms with Gasteiger partial charge in [-0.25, -0.2) is 18.2 Å². The molecule has 1 aliphatic heterocycles. The molecule has 11 nitrogen and oxygen atoms in total. The summed E-state index contributed by atoms with van der Waals surface area (Å²) < 4.78 is 30.9. The second kappa shape index (κ2) is 10.5. The number of pyridine rings is 1. The summed E-state index contributed by atoms with van der Waals surface area (Å²) in [6, 6.07) is 7.81. The number of esters is 1. The van der Waals surface area contributed by atoms with Crippen molar-refractivity contribution in [1.82, 2.24) is 9.88 Å². The monoisotopic (exact) mass is 489 g/mol. The van der Waals surface area contributed by atoms with Gasteiger partial charge in [0.15, 0.2) is 0 Å². The van der Waals surface area contributed by atoms with Crippen molar-refractivity contribution in [2.75, 3.05) is 54.0 Å². The lowest BCUT2D eigenvalue weighted by atomic mass is 10.1. The molecule has 2 heterocycles. The summed E-state index contributed by atoms with van der Waals surface area (Å²) in [4.78, 5) is 44.4. The number of nitrogens with zero attached hydrogens (tertiary/aromatic N) is 3. The summed E-state index contributed by atoms with van der Waals surface area (Å²) in [6.45, 7) is 5.11. The highest BCUT2D eigenvalue weighted by Crippen LogP contribution is 2.24. The third kappa shape index (κ3) is 6.44. The molecule has 12 heteroatoms. The van der Waals surface area contributed by atoms with Crippen molar-refractivity contribution in [3.63, 3.8) is 0 Å². The molecule has 34 heavy (non-hydrogen) atoms. The minimum Gasteiger partial charge on any atom is -0.462 e. The molecular weight excluding hydrogens is 462 g/mol. The van der Waals surface area contributed by atoms with Crippen LogP contribution in [0.15, 0.2) is 36.5 Å². The Morgan fingerprint density at radius 1 is 1.09 bits per heavy atom. The van der Waals surface area contributed by atoms with Crippen LogP contribution in [0.3, 0.4) is 0 Å². The van der Waals surface area contributed by atoms with Crippen LogP contribution in [-0.4, -0.2) is 75.1 Å². The van der Waals surface area contributed by atoms with Crippen molar-refractivity contribution >= 4 is 45.0 Å². The molecule has 1 fully saturated rings. The Bertz CT molecular complexity index is 1170. The Hall–Kier alpha value is -3.67. The zero-order chi connectivity index (χ0) is 24.9. The standard InChI is InChI=1S/C22H27N5O6S/c1-4-33-22(30)16-5-8-20(23-14-16)26-9-11-27(12-10-26)21(29)18-13-17(24-15(2)28)6-7-19(18)25-34(3,31)32/h5-8,13-14,25H,4,9-12H2,1-3H3,(H,24,28). The van der Waals surface area contributed by atoms with Crippen LogP contribution >= 0.6 is 0 Å². The maximum Gasteiger partial charge on any atom is 0.339 e. The topological polar surface area (TPSA) is 138 Å². The third-order valence-electron chi connectivity index (χ3n) is 5.02. The van der Waals surface area contributed by atoms with Crippen LogP contribution in [0.25, 0.3) is 0 Å². The number of sulfonamides is 1. The summed E-state index contributed by atoms with van der Waals surface area (Å²) in [5.74, 6) is -0.426. The van der Waals surface area contributed by atoms with E-state index in [4.69, 9.17) is 4.74 Å². The van der Waals surface area contributed by atoms with Gasteiger partial charge in [0.1, 0.15) is 5.82 Å². The van der Waals surface area contributed by atoms with E-state index in [-0.39, 0.29) is 29.7 Å². The van der Waals surface area contributed by atoms with Crippen LogP contribution < -0.4 is 14.9 Å². The molecule has 0 spiro atoms. The first-order valence-corrected chi connectivity index (χ1v) is 12.5. The quantitative estimate of drug-likeness (QED) is 0.559. The number of amides is 2. The van der Waals surface area contributed by atoms with Crippen molar-refractivity contribution in [3.8, 4) is 0 Å². The molecule has 0 unspecified atom stereocenters. The van der Waals surface area contributed by atoms with E-state index in [2.05, 4.69) is 15.0 Å². The van der Waals surface area contributed by atoms with Gasteiger partial charge in [-0.1, -0.05) is 0 Å². The molecule has 0 aliphatic carbocycles. The molecule has 1 aromatic carbocycles. The van der Waals surface area contributed by atoms with Crippen LogP contribution in [0, 0.1) is 0 Å². The summed E-state index contributed by atoms with van der Waals surface area (Å²) in [5.41, 5.74) is 1.03. The fourth-order valence-electron chi connectivity index (χ4n) is 3.51. The molecule has 2 N–H and O–H groups in total. The zero-order valence-corrected chi connectivity index (χ0v) is 20.0. The Balaban J connectivity index is 1.73.